The molecule has 4 heteroatoms. The van der Waals surface area contributed by atoms with Crippen molar-refractivity contribution in [3.8, 4) is 5.75 Å². The Morgan fingerprint density at radius 2 is 1.89 bits per heavy atom. The fraction of sp³-hybridized carbons (Fsp3) is 0.533. The van der Waals surface area contributed by atoms with E-state index in [-0.39, 0.29) is 18.6 Å². The van der Waals surface area contributed by atoms with Gasteiger partial charge in [0.15, 0.2) is 6.61 Å². The summed E-state index contributed by atoms with van der Waals surface area (Å²) in [5.74, 6) is 0.955. The van der Waals surface area contributed by atoms with Gasteiger partial charge < -0.3 is 15.8 Å². The number of ether oxygens (including phenoxy) is 1. The van der Waals surface area contributed by atoms with Crippen molar-refractivity contribution < 1.29 is 9.53 Å². The maximum atomic E-state index is 11.7. The molecule has 1 atom stereocenters. The first-order valence-corrected chi connectivity index (χ1v) is 6.60. The second-order valence-corrected chi connectivity index (χ2v) is 5.36. The summed E-state index contributed by atoms with van der Waals surface area (Å²) in [5.41, 5.74) is 8.51. The Hall–Kier alpha value is -1.71. The van der Waals surface area contributed by atoms with E-state index in [9.17, 15) is 4.79 Å². The molecule has 4 nitrogen and oxygen atoms in total. The maximum absolute atomic E-state index is 11.7. The van der Waals surface area contributed by atoms with Gasteiger partial charge in [-0.05, 0) is 37.8 Å². The number of aryl methyl sites for hydroxylation is 2. The van der Waals surface area contributed by atoms with Crippen molar-refractivity contribution in [1.29, 1.82) is 0 Å². The Morgan fingerprint density at radius 3 is 2.47 bits per heavy atom. The van der Waals surface area contributed by atoms with Crippen molar-refractivity contribution in [2.75, 3.05) is 12.3 Å². The van der Waals surface area contributed by atoms with E-state index >= 15 is 0 Å². The zero-order chi connectivity index (χ0) is 14.6. The van der Waals surface area contributed by atoms with Crippen LogP contribution in [0, 0.1) is 19.8 Å². The third-order valence-electron chi connectivity index (χ3n) is 3.31. The van der Waals surface area contributed by atoms with E-state index in [1.807, 2.05) is 26.8 Å². The average Bonchev–Trinajstić information content (AvgIpc) is 2.32. The van der Waals surface area contributed by atoms with Crippen molar-refractivity contribution in [3.05, 3.63) is 23.3 Å². The highest BCUT2D eigenvalue weighted by molar-refractivity contribution is 5.78. The largest absolute Gasteiger partial charge is 0.483 e. The summed E-state index contributed by atoms with van der Waals surface area (Å²) in [6, 6.07) is 3.86. The number of hydrogen-bond acceptors (Lipinski definition) is 3. The minimum atomic E-state index is -0.111. The molecule has 0 aromatic heterocycles. The van der Waals surface area contributed by atoms with Crippen LogP contribution in [0.25, 0.3) is 0 Å². The van der Waals surface area contributed by atoms with E-state index in [0.29, 0.717) is 17.4 Å². The molecule has 1 aromatic rings. The van der Waals surface area contributed by atoms with Crippen LogP contribution in [-0.2, 0) is 4.79 Å². The highest BCUT2D eigenvalue weighted by Gasteiger charge is 2.12. The first-order valence-electron chi connectivity index (χ1n) is 6.60. The molecule has 0 bridgehead atoms. The second kappa shape index (κ2) is 6.45. The standard InChI is InChI=1S/C15H24N2O2/c1-9(2)12(5)17-15(18)8-19-14-7-13(16)10(3)6-11(14)4/h6-7,9,12H,8,16H2,1-5H3,(H,17,18). The molecule has 1 rings (SSSR count). The van der Waals surface area contributed by atoms with E-state index in [0.717, 1.165) is 11.1 Å². The molecule has 0 spiro atoms. The van der Waals surface area contributed by atoms with Crippen LogP contribution in [0.3, 0.4) is 0 Å². The van der Waals surface area contributed by atoms with Gasteiger partial charge in [-0.2, -0.15) is 0 Å². The molecule has 0 aliphatic heterocycles. The van der Waals surface area contributed by atoms with Crippen LogP contribution < -0.4 is 15.8 Å². The number of benzene rings is 1. The first kappa shape index (κ1) is 15.3. The van der Waals surface area contributed by atoms with Crippen LogP contribution in [0.2, 0.25) is 0 Å². The zero-order valence-corrected chi connectivity index (χ0v) is 12.4. The molecule has 0 heterocycles. The van der Waals surface area contributed by atoms with Crippen LogP contribution in [0.15, 0.2) is 12.1 Å². The molecule has 3 N–H and O–H groups in total. The summed E-state index contributed by atoms with van der Waals surface area (Å²) >= 11 is 0. The van der Waals surface area contributed by atoms with E-state index in [4.69, 9.17) is 10.5 Å². The van der Waals surface area contributed by atoms with Crippen molar-refractivity contribution >= 4 is 11.6 Å². The van der Waals surface area contributed by atoms with Gasteiger partial charge in [-0.3, -0.25) is 4.79 Å². The summed E-state index contributed by atoms with van der Waals surface area (Å²) in [6.07, 6.45) is 0. The molecule has 1 amide bonds. The van der Waals surface area contributed by atoms with Gasteiger partial charge in [0.05, 0.1) is 0 Å². The second-order valence-electron chi connectivity index (χ2n) is 5.36. The van der Waals surface area contributed by atoms with Crippen LogP contribution in [0.5, 0.6) is 5.75 Å². The topological polar surface area (TPSA) is 64.3 Å². The number of anilines is 1. The number of hydrogen-bond donors (Lipinski definition) is 2. The average molecular weight is 264 g/mol. The summed E-state index contributed by atoms with van der Waals surface area (Å²) in [5, 5.41) is 2.90. The van der Waals surface area contributed by atoms with E-state index < -0.39 is 0 Å². The molecule has 0 saturated heterocycles. The van der Waals surface area contributed by atoms with E-state index in [2.05, 4.69) is 19.2 Å². The smallest absolute Gasteiger partial charge is 0.258 e. The van der Waals surface area contributed by atoms with E-state index in [1.165, 1.54) is 0 Å². The number of rotatable bonds is 5. The van der Waals surface area contributed by atoms with Gasteiger partial charge in [0, 0.05) is 17.8 Å². The van der Waals surface area contributed by atoms with Gasteiger partial charge in [-0.15, -0.1) is 0 Å². The minimum Gasteiger partial charge on any atom is -0.483 e. The SMILES string of the molecule is Cc1cc(C)c(OCC(=O)NC(C)C(C)C)cc1N. The third-order valence-corrected chi connectivity index (χ3v) is 3.31. The molecular formula is C15H24N2O2. The molecule has 1 aromatic carbocycles. The van der Waals surface area contributed by atoms with Gasteiger partial charge in [0.2, 0.25) is 0 Å². The van der Waals surface area contributed by atoms with Gasteiger partial charge in [-0.1, -0.05) is 19.9 Å². The van der Waals surface area contributed by atoms with Crippen molar-refractivity contribution in [3.63, 3.8) is 0 Å². The Morgan fingerprint density at radius 1 is 1.26 bits per heavy atom. The predicted octanol–water partition coefficient (Wildman–Crippen LogP) is 2.43. The highest BCUT2D eigenvalue weighted by atomic mass is 16.5. The van der Waals surface area contributed by atoms with Crippen LogP contribution in [0.4, 0.5) is 5.69 Å². The van der Waals surface area contributed by atoms with Gasteiger partial charge in [0.1, 0.15) is 5.75 Å². The molecule has 19 heavy (non-hydrogen) atoms. The van der Waals surface area contributed by atoms with Crippen LogP contribution in [0.1, 0.15) is 31.9 Å². The van der Waals surface area contributed by atoms with Crippen molar-refractivity contribution in [2.24, 2.45) is 5.92 Å². The first-order chi connectivity index (χ1) is 8.81. The monoisotopic (exact) mass is 264 g/mol. The minimum absolute atomic E-state index is 0.0143. The van der Waals surface area contributed by atoms with Crippen LogP contribution >= 0.6 is 0 Å². The number of nitrogen functional groups attached to an aromatic ring is 1. The lowest BCUT2D eigenvalue weighted by molar-refractivity contribution is -0.124. The Labute approximate surface area is 115 Å². The van der Waals surface area contributed by atoms with E-state index in [1.54, 1.807) is 6.07 Å². The quantitative estimate of drug-likeness (QED) is 0.803. The summed E-state index contributed by atoms with van der Waals surface area (Å²) < 4.78 is 5.52. The molecular weight excluding hydrogens is 240 g/mol. The number of nitrogens with two attached hydrogens (primary N) is 1. The lowest BCUT2D eigenvalue weighted by Gasteiger charge is -2.18. The Bertz CT molecular complexity index is 456. The number of carbonyl (C=O) groups is 1. The lowest BCUT2D eigenvalue weighted by atomic mass is 10.1. The normalized spacial score (nSPS) is 12.3. The number of amides is 1. The summed E-state index contributed by atoms with van der Waals surface area (Å²) in [6.45, 7) is 10.0. The third kappa shape index (κ3) is 4.47. The van der Waals surface area contributed by atoms with Gasteiger partial charge in [-0.25, -0.2) is 0 Å². The zero-order valence-electron chi connectivity index (χ0n) is 12.4. The molecule has 0 radical (unpaired) electrons. The summed E-state index contributed by atoms with van der Waals surface area (Å²) in [7, 11) is 0. The molecule has 1 unspecified atom stereocenters. The van der Waals surface area contributed by atoms with Crippen molar-refractivity contribution in [2.45, 2.75) is 40.7 Å². The maximum Gasteiger partial charge on any atom is 0.258 e. The summed E-state index contributed by atoms with van der Waals surface area (Å²) in [4.78, 5) is 11.7. The molecule has 0 saturated carbocycles. The lowest BCUT2D eigenvalue weighted by Crippen LogP contribution is -2.39. The predicted molar refractivity (Wildman–Crippen MR) is 78.3 cm³/mol. The highest BCUT2D eigenvalue weighted by Crippen LogP contribution is 2.24. The molecule has 0 aliphatic carbocycles. The molecule has 0 fully saturated rings. The van der Waals surface area contributed by atoms with Gasteiger partial charge in [0.25, 0.3) is 5.91 Å². The Balaban J connectivity index is 2.58. The fourth-order valence-electron chi connectivity index (χ4n) is 1.61. The Kier molecular flexibility index (Phi) is 5.21. The molecule has 106 valence electrons. The molecule has 0 aliphatic rings. The van der Waals surface area contributed by atoms with Crippen LogP contribution in [-0.4, -0.2) is 18.6 Å². The van der Waals surface area contributed by atoms with Crippen molar-refractivity contribution in [1.82, 2.24) is 5.32 Å². The van der Waals surface area contributed by atoms with Gasteiger partial charge >= 0.3 is 0 Å². The number of nitrogens with one attached hydrogen (secondary N) is 1. The number of carbonyl (C=O) groups excluding carboxylic acids is 1. The fourth-order valence-corrected chi connectivity index (χ4v) is 1.61.